The normalized spacial score (nSPS) is 12.2. The number of pyridine rings is 2. The van der Waals surface area contributed by atoms with Gasteiger partial charge in [-0.25, -0.2) is 4.98 Å². The van der Waals surface area contributed by atoms with Gasteiger partial charge in [0.2, 0.25) is 0 Å². The molecule has 26 heavy (non-hydrogen) atoms. The molecule has 3 aromatic heterocycles. The molecule has 3 N–H and O–H groups in total. The maximum Gasteiger partial charge on any atom is 0.154 e. The molecule has 3 rings (SSSR count). The lowest BCUT2D eigenvalue weighted by molar-refractivity contribution is 0.843. The van der Waals surface area contributed by atoms with E-state index in [-0.39, 0.29) is 0 Å². The number of hydrogen-bond acceptors (Lipinski definition) is 7. The lowest BCUT2D eigenvalue weighted by Crippen LogP contribution is -2.00. The minimum Gasteiger partial charge on any atom is -0.404 e. The summed E-state index contributed by atoms with van der Waals surface area (Å²) in [6, 6.07) is 7.69. The van der Waals surface area contributed by atoms with Crippen molar-refractivity contribution in [2.45, 2.75) is 19.8 Å². The van der Waals surface area contributed by atoms with Crippen LogP contribution < -0.4 is 11.1 Å². The number of nitrogens with two attached hydrogens (primary N) is 1. The van der Waals surface area contributed by atoms with E-state index in [4.69, 9.17) is 5.73 Å². The zero-order chi connectivity index (χ0) is 18.5. The Kier molecular flexibility index (Phi) is 5.17. The number of aliphatic imine (C=N–C) groups is 1. The summed E-state index contributed by atoms with van der Waals surface area (Å²) in [5.41, 5.74) is 9.99. The third-order valence-corrected chi connectivity index (χ3v) is 3.92. The molecule has 0 saturated heterocycles. The van der Waals surface area contributed by atoms with E-state index in [0.717, 1.165) is 27.7 Å². The number of nitrogens with one attached hydrogen (secondary N) is 1. The van der Waals surface area contributed by atoms with Crippen molar-refractivity contribution in [2.75, 3.05) is 12.4 Å². The van der Waals surface area contributed by atoms with E-state index in [2.05, 4.69) is 44.3 Å². The number of fused-ring (bicyclic) bond motifs is 1. The van der Waals surface area contributed by atoms with Crippen molar-refractivity contribution in [3.63, 3.8) is 0 Å². The molecule has 0 amide bonds. The zero-order valence-electron chi connectivity index (χ0n) is 15.0. The van der Waals surface area contributed by atoms with E-state index in [0.29, 0.717) is 17.6 Å². The van der Waals surface area contributed by atoms with Gasteiger partial charge in [-0.1, -0.05) is 13.8 Å². The molecular formula is C19H21N7. The molecule has 7 nitrogen and oxygen atoms in total. The second-order valence-corrected chi connectivity index (χ2v) is 6.12. The Bertz CT molecular complexity index is 977. The van der Waals surface area contributed by atoms with E-state index in [1.165, 1.54) is 6.20 Å². The smallest absolute Gasteiger partial charge is 0.154 e. The largest absolute Gasteiger partial charge is 0.404 e. The summed E-state index contributed by atoms with van der Waals surface area (Å²) in [6.45, 7) is 4.23. The van der Waals surface area contributed by atoms with Gasteiger partial charge in [-0.15, -0.1) is 5.10 Å². The summed E-state index contributed by atoms with van der Waals surface area (Å²) in [5.74, 6) is 1.71. The van der Waals surface area contributed by atoms with Crippen molar-refractivity contribution in [2.24, 2.45) is 10.7 Å². The first-order chi connectivity index (χ1) is 12.6. The van der Waals surface area contributed by atoms with Crippen LogP contribution in [0.25, 0.3) is 16.6 Å². The molecule has 0 bridgehead atoms. The van der Waals surface area contributed by atoms with Crippen molar-refractivity contribution >= 4 is 34.5 Å². The van der Waals surface area contributed by atoms with Crippen molar-refractivity contribution in [3.8, 4) is 0 Å². The van der Waals surface area contributed by atoms with E-state index >= 15 is 0 Å². The van der Waals surface area contributed by atoms with Gasteiger partial charge in [-0.3, -0.25) is 9.98 Å². The fourth-order valence-electron chi connectivity index (χ4n) is 2.48. The second kappa shape index (κ2) is 7.69. The van der Waals surface area contributed by atoms with E-state index in [1.54, 1.807) is 25.7 Å². The highest BCUT2D eigenvalue weighted by atomic mass is 15.2. The second-order valence-electron chi connectivity index (χ2n) is 6.12. The predicted octanol–water partition coefficient (Wildman–Crippen LogP) is 3.29. The molecule has 3 heterocycles. The average Bonchev–Trinajstić information content (AvgIpc) is 2.65. The van der Waals surface area contributed by atoms with Gasteiger partial charge >= 0.3 is 0 Å². The minimum absolute atomic E-state index is 0.379. The van der Waals surface area contributed by atoms with Crippen LogP contribution in [0.4, 0.5) is 11.6 Å². The van der Waals surface area contributed by atoms with Gasteiger partial charge in [0.05, 0.1) is 17.2 Å². The minimum atomic E-state index is 0.379. The SMILES string of the molecule is CN=CC(=CN)c1cnc2ccc(Nc3cc(C(C)C)cnn3)nc2c1. The molecule has 0 aliphatic carbocycles. The molecular weight excluding hydrogens is 326 g/mol. The monoisotopic (exact) mass is 347 g/mol. The van der Waals surface area contributed by atoms with Crippen molar-refractivity contribution < 1.29 is 0 Å². The number of anilines is 2. The first kappa shape index (κ1) is 17.5. The molecule has 0 aromatic carbocycles. The van der Waals surface area contributed by atoms with Crippen LogP contribution in [0.3, 0.4) is 0 Å². The highest BCUT2D eigenvalue weighted by molar-refractivity contribution is 6.10. The first-order valence-corrected chi connectivity index (χ1v) is 8.31. The number of allylic oxidation sites excluding steroid dienone is 1. The van der Waals surface area contributed by atoms with Crippen LogP contribution in [-0.4, -0.2) is 33.4 Å². The summed E-state index contributed by atoms with van der Waals surface area (Å²) in [6.07, 6.45) is 6.73. The third kappa shape index (κ3) is 3.83. The Labute approximate surface area is 152 Å². The van der Waals surface area contributed by atoms with Crippen LogP contribution >= 0.6 is 0 Å². The molecule has 0 aliphatic heterocycles. The van der Waals surface area contributed by atoms with Crippen molar-refractivity contribution in [1.29, 1.82) is 0 Å². The molecule has 132 valence electrons. The lowest BCUT2D eigenvalue weighted by Gasteiger charge is -2.09. The van der Waals surface area contributed by atoms with Crippen molar-refractivity contribution in [1.82, 2.24) is 20.2 Å². The quantitative estimate of drug-likeness (QED) is 0.687. The fourth-order valence-corrected chi connectivity index (χ4v) is 2.48. The summed E-state index contributed by atoms with van der Waals surface area (Å²) in [7, 11) is 1.70. The topological polar surface area (TPSA) is 102 Å². The predicted molar refractivity (Wildman–Crippen MR) is 106 cm³/mol. The summed E-state index contributed by atoms with van der Waals surface area (Å²) in [4.78, 5) is 13.1. The van der Waals surface area contributed by atoms with E-state index in [1.807, 2.05) is 24.3 Å². The fraction of sp³-hybridized carbons (Fsp3) is 0.211. The molecule has 0 spiro atoms. The van der Waals surface area contributed by atoms with Crippen LogP contribution in [0.5, 0.6) is 0 Å². The molecule has 0 aliphatic rings. The maximum atomic E-state index is 5.68. The standard InChI is InChI=1S/C19H21N7/c1-12(2)13-7-19(26-23-11-13)25-18-5-4-16-17(24-18)6-14(10-22-16)15(8-20)9-21-3/h4-12H,20H2,1-3H3,(H,24,25,26). The maximum absolute atomic E-state index is 5.68. The zero-order valence-corrected chi connectivity index (χ0v) is 15.0. The summed E-state index contributed by atoms with van der Waals surface area (Å²) >= 11 is 0. The number of hydrogen-bond donors (Lipinski definition) is 2. The Morgan fingerprint density at radius 3 is 2.73 bits per heavy atom. The molecule has 7 heteroatoms. The van der Waals surface area contributed by atoms with Gasteiger partial charge < -0.3 is 11.1 Å². The van der Waals surface area contributed by atoms with Crippen LogP contribution in [0.15, 0.2) is 47.9 Å². The Balaban J connectivity index is 1.94. The number of rotatable bonds is 5. The van der Waals surface area contributed by atoms with Gasteiger partial charge in [0, 0.05) is 36.8 Å². The Morgan fingerprint density at radius 1 is 1.15 bits per heavy atom. The lowest BCUT2D eigenvalue weighted by atomic mass is 10.1. The molecule has 3 aromatic rings. The molecule has 0 radical (unpaired) electrons. The summed E-state index contributed by atoms with van der Waals surface area (Å²) < 4.78 is 0. The van der Waals surface area contributed by atoms with Crippen LogP contribution in [0.2, 0.25) is 0 Å². The van der Waals surface area contributed by atoms with Crippen molar-refractivity contribution in [3.05, 3.63) is 54.0 Å². The van der Waals surface area contributed by atoms with Crippen LogP contribution in [0.1, 0.15) is 30.9 Å². The third-order valence-electron chi connectivity index (χ3n) is 3.92. The van der Waals surface area contributed by atoms with Gasteiger partial charge in [0.25, 0.3) is 0 Å². The first-order valence-electron chi connectivity index (χ1n) is 8.31. The Hall–Kier alpha value is -3.35. The van der Waals surface area contributed by atoms with E-state index < -0.39 is 0 Å². The number of nitrogens with zero attached hydrogens (tertiary/aromatic N) is 5. The average molecular weight is 347 g/mol. The van der Waals surface area contributed by atoms with Crippen LogP contribution in [0, 0.1) is 0 Å². The molecule has 0 saturated carbocycles. The van der Waals surface area contributed by atoms with Gasteiger partial charge in [0.1, 0.15) is 5.82 Å². The highest BCUT2D eigenvalue weighted by Crippen LogP contribution is 2.21. The van der Waals surface area contributed by atoms with Gasteiger partial charge in [-0.2, -0.15) is 5.10 Å². The van der Waals surface area contributed by atoms with Gasteiger partial charge in [-0.05, 0) is 35.7 Å². The highest BCUT2D eigenvalue weighted by Gasteiger charge is 2.07. The molecule has 0 atom stereocenters. The van der Waals surface area contributed by atoms with E-state index in [9.17, 15) is 0 Å². The molecule has 0 unspecified atom stereocenters. The van der Waals surface area contributed by atoms with Gasteiger partial charge in [0.15, 0.2) is 5.82 Å². The number of aromatic nitrogens is 4. The summed E-state index contributed by atoms with van der Waals surface area (Å²) in [5, 5.41) is 11.4. The van der Waals surface area contributed by atoms with Crippen LogP contribution in [-0.2, 0) is 0 Å². The molecule has 0 fully saturated rings. The Morgan fingerprint density at radius 2 is 2.00 bits per heavy atom.